The van der Waals surface area contributed by atoms with Crippen LogP contribution in [0.4, 0.5) is 0 Å². The lowest BCUT2D eigenvalue weighted by Crippen LogP contribution is -2.46. The fourth-order valence-electron chi connectivity index (χ4n) is 3.69. The van der Waals surface area contributed by atoms with Gasteiger partial charge in [-0.1, -0.05) is 42.5 Å². The first kappa shape index (κ1) is 13.8. The van der Waals surface area contributed by atoms with Gasteiger partial charge in [0.2, 0.25) is 5.91 Å². The zero-order valence-corrected chi connectivity index (χ0v) is 12.7. The predicted molar refractivity (Wildman–Crippen MR) is 88.8 cm³/mol. The molecule has 1 saturated heterocycles. The summed E-state index contributed by atoms with van der Waals surface area (Å²) in [5.74, 6) is 0.794. The highest BCUT2D eigenvalue weighted by Crippen LogP contribution is 2.49. The van der Waals surface area contributed by atoms with Gasteiger partial charge in [0.05, 0.1) is 0 Å². The van der Waals surface area contributed by atoms with Gasteiger partial charge >= 0.3 is 0 Å². The summed E-state index contributed by atoms with van der Waals surface area (Å²) in [6.45, 7) is 1.99. The van der Waals surface area contributed by atoms with Crippen LogP contribution in [0.15, 0.2) is 42.5 Å². The quantitative estimate of drug-likeness (QED) is 0.914. The minimum absolute atomic E-state index is 0.160. The molecule has 2 aromatic rings. The van der Waals surface area contributed by atoms with Crippen LogP contribution in [0.1, 0.15) is 30.7 Å². The molecule has 1 saturated carbocycles. The van der Waals surface area contributed by atoms with Gasteiger partial charge in [0, 0.05) is 18.5 Å². The fraction of sp³-hybridized carbons (Fsp3) is 0.421. The van der Waals surface area contributed by atoms with Gasteiger partial charge in [0.25, 0.3) is 0 Å². The maximum atomic E-state index is 12.5. The van der Waals surface area contributed by atoms with Crippen LogP contribution in [-0.4, -0.2) is 25.0 Å². The lowest BCUT2D eigenvalue weighted by molar-refractivity contribution is -0.123. The Kier molecular flexibility index (Phi) is 3.59. The first-order valence-corrected chi connectivity index (χ1v) is 8.31. The van der Waals surface area contributed by atoms with E-state index in [1.54, 1.807) is 0 Å². The second-order valence-corrected chi connectivity index (χ2v) is 6.57. The Morgan fingerprint density at radius 3 is 2.86 bits per heavy atom. The molecular formula is C19H22N2O. The molecule has 0 bridgehead atoms. The molecule has 3 atom stereocenters. The average molecular weight is 294 g/mol. The third-order valence-electron chi connectivity index (χ3n) is 4.99. The lowest BCUT2D eigenvalue weighted by atomic mass is 10.00. The topological polar surface area (TPSA) is 41.1 Å². The minimum atomic E-state index is 0.160. The number of piperidine rings is 1. The summed E-state index contributed by atoms with van der Waals surface area (Å²) in [6, 6.07) is 15.2. The first-order valence-electron chi connectivity index (χ1n) is 8.31. The Morgan fingerprint density at radius 2 is 2.00 bits per heavy atom. The van der Waals surface area contributed by atoms with Crippen molar-refractivity contribution in [3.63, 3.8) is 0 Å². The minimum Gasteiger partial charge on any atom is -0.352 e. The van der Waals surface area contributed by atoms with Gasteiger partial charge in [-0.05, 0) is 48.1 Å². The van der Waals surface area contributed by atoms with E-state index in [1.165, 1.54) is 16.3 Å². The van der Waals surface area contributed by atoms with Crippen LogP contribution in [-0.2, 0) is 4.79 Å². The van der Waals surface area contributed by atoms with Gasteiger partial charge in [0.1, 0.15) is 0 Å². The summed E-state index contributed by atoms with van der Waals surface area (Å²) >= 11 is 0. The van der Waals surface area contributed by atoms with Crippen molar-refractivity contribution >= 4 is 16.7 Å². The SMILES string of the molecule is O=C(N[C@H]1CCCNC1)C1CC1c1cccc2ccccc12. The number of benzene rings is 2. The van der Waals surface area contributed by atoms with E-state index in [9.17, 15) is 4.79 Å². The fourth-order valence-corrected chi connectivity index (χ4v) is 3.69. The van der Waals surface area contributed by atoms with Gasteiger partial charge in [-0.15, -0.1) is 0 Å². The Morgan fingerprint density at radius 1 is 1.14 bits per heavy atom. The molecule has 4 rings (SSSR count). The van der Waals surface area contributed by atoms with Gasteiger partial charge in [-0.25, -0.2) is 0 Å². The molecule has 2 aliphatic rings. The zero-order valence-electron chi connectivity index (χ0n) is 12.7. The number of fused-ring (bicyclic) bond motifs is 1. The van der Waals surface area contributed by atoms with Crippen LogP contribution in [0, 0.1) is 5.92 Å². The Bertz CT molecular complexity index is 685. The summed E-state index contributed by atoms with van der Waals surface area (Å²) < 4.78 is 0. The third-order valence-corrected chi connectivity index (χ3v) is 4.99. The summed E-state index contributed by atoms with van der Waals surface area (Å²) in [6.07, 6.45) is 3.24. The highest BCUT2D eigenvalue weighted by Gasteiger charge is 2.44. The molecule has 2 N–H and O–H groups in total. The summed E-state index contributed by atoms with van der Waals surface area (Å²) in [5, 5.41) is 9.14. The predicted octanol–water partition coefficient (Wildman–Crippen LogP) is 2.81. The van der Waals surface area contributed by atoms with Crippen molar-refractivity contribution in [2.45, 2.75) is 31.2 Å². The van der Waals surface area contributed by atoms with Crippen molar-refractivity contribution in [3.05, 3.63) is 48.0 Å². The van der Waals surface area contributed by atoms with E-state index in [4.69, 9.17) is 0 Å². The number of hydrogen-bond acceptors (Lipinski definition) is 2. The van der Waals surface area contributed by atoms with Crippen molar-refractivity contribution < 1.29 is 4.79 Å². The van der Waals surface area contributed by atoms with Crippen molar-refractivity contribution in [2.75, 3.05) is 13.1 Å². The third kappa shape index (κ3) is 2.61. The van der Waals surface area contributed by atoms with Crippen LogP contribution >= 0.6 is 0 Å². The standard InChI is InChI=1S/C19H22N2O/c22-19(21-14-7-4-10-20-12-14)18-11-17(18)16-9-3-6-13-5-1-2-8-15(13)16/h1-3,5-6,8-9,14,17-18,20H,4,7,10-12H2,(H,21,22)/t14-,17?,18?/m0/s1. The number of hydrogen-bond donors (Lipinski definition) is 2. The number of carbonyl (C=O) groups excluding carboxylic acids is 1. The van der Waals surface area contributed by atoms with E-state index < -0.39 is 0 Å². The molecule has 2 fully saturated rings. The number of nitrogens with one attached hydrogen (secondary N) is 2. The van der Waals surface area contributed by atoms with Crippen LogP contribution in [0.3, 0.4) is 0 Å². The first-order chi connectivity index (χ1) is 10.8. The van der Waals surface area contributed by atoms with Gasteiger partial charge in [-0.3, -0.25) is 4.79 Å². The molecule has 1 heterocycles. The monoisotopic (exact) mass is 294 g/mol. The molecule has 2 aromatic carbocycles. The van der Waals surface area contributed by atoms with E-state index in [2.05, 4.69) is 53.1 Å². The number of rotatable bonds is 3. The molecule has 0 spiro atoms. The molecular weight excluding hydrogens is 272 g/mol. The highest BCUT2D eigenvalue weighted by atomic mass is 16.2. The smallest absolute Gasteiger partial charge is 0.224 e. The van der Waals surface area contributed by atoms with Crippen LogP contribution in [0.25, 0.3) is 10.8 Å². The number of amides is 1. The summed E-state index contributed by atoms with van der Waals surface area (Å²) in [5.41, 5.74) is 1.33. The highest BCUT2D eigenvalue weighted by molar-refractivity contribution is 5.89. The normalized spacial score (nSPS) is 27.5. The Hall–Kier alpha value is -1.87. The Balaban J connectivity index is 1.47. The van der Waals surface area contributed by atoms with Gasteiger partial charge in [0.15, 0.2) is 0 Å². The second-order valence-electron chi connectivity index (χ2n) is 6.57. The molecule has 0 aromatic heterocycles. The zero-order chi connectivity index (χ0) is 14.9. The van der Waals surface area contributed by atoms with Crippen LogP contribution in [0.5, 0.6) is 0 Å². The molecule has 1 aliphatic carbocycles. The number of carbonyl (C=O) groups is 1. The molecule has 1 amide bonds. The molecule has 22 heavy (non-hydrogen) atoms. The van der Waals surface area contributed by atoms with Crippen molar-refractivity contribution in [1.29, 1.82) is 0 Å². The van der Waals surface area contributed by atoms with Crippen molar-refractivity contribution in [3.8, 4) is 0 Å². The van der Waals surface area contributed by atoms with Gasteiger partial charge in [-0.2, -0.15) is 0 Å². The van der Waals surface area contributed by atoms with Crippen molar-refractivity contribution in [1.82, 2.24) is 10.6 Å². The second kappa shape index (κ2) is 5.73. The largest absolute Gasteiger partial charge is 0.352 e. The maximum Gasteiger partial charge on any atom is 0.224 e. The summed E-state index contributed by atoms with van der Waals surface area (Å²) in [4.78, 5) is 12.5. The van der Waals surface area contributed by atoms with E-state index in [0.717, 1.165) is 32.4 Å². The Labute approximate surface area is 131 Å². The van der Waals surface area contributed by atoms with Crippen molar-refractivity contribution in [2.24, 2.45) is 5.92 Å². The molecule has 3 nitrogen and oxygen atoms in total. The van der Waals surface area contributed by atoms with E-state index in [-0.39, 0.29) is 11.8 Å². The molecule has 3 heteroatoms. The summed E-state index contributed by atoms with van der Waals surface area (Å²) in [7, 11) is 0. The van der Waals surface area contributed by atoms with Crippen LogP contribution < -0.4 is 10.6 Å². The molecule has 1 aliphatic heterocycles. The van der Waals surface area contributed by atoms with E-state index in [1.807, 2.05) is 0 Å². The van der Waals surface area contributed by atoms with E-state index >= 15 is 0 Å². The molecule has 0 radical (unpaired) electrons. The molecule has 114 valence electrons. The molecule has 2 unspecified atom stereocenters. The maximum absolute atomic E-state index is 12.5. The van der Waals surface area contributed by atoms with Crippen LogP contribution in [0.2, 0.25) is 0 Å². The van der Waals surface area contributed by atoms with Gasteiger partial charge < -0.3 is 10.6 Å². The lowest BCUT2D eigenvalue weighted by Gasteiger charge is -2.23. The average Bonchev–Trinajstić information content (AvgIpc) is 3.36. The van der Waals surface area contributed by atoms with E-state index in [0.29, 0.717) is 12.0 Å².